The third kappa shape index (κ3) is 8.81. The van der Waals surface area contributed by atoms with Gasteiger partial charge in [-0.1, -0.05) is 84.7 Å². The van der Waals surface area contributed by atoms with E-state index in [1.54, 1.807) is 60.7 Å². The lowest BCUT2D eigenvalue weighted by Gasteiger charge is -2.34. The topological polar surface area (TPSA) is 96.0 Å². The highest BCUT2D eigenvalue weighted by atomic mass is 35.5. The zero-order valence-electron chi connectivity index (χ0n) is 25.7. The molecular formula is C35H37Cl2N3O5S. The zero-order valence-corrected chi connectivity index (χ0v) is 28.1. The maximum atomic E-state index is 14.5. The van der Waals surface area contributed by atoms with Crippen molar-refractivity contribution in [1.82, 2.24) is 10.2 Å². The molecule has 0 spiro atoms. The number of rotatable bonds is 15. The number of sulfonamides is 1. The summed E-state index contributed by atoms with van der Waals surface area (Å²) in [6.07, 6.45) is 0.869. The second-order valence-corrected chi connectivity index (χ2v) is 13.1. The van der Waals surface area contributed by atoms with Crippen molar-refractivity contribution in [2.75, 3.05) is 24.0 Å². The number of hydrogen-bond acceptors (Lipinski definition) is 5. The monoisotopic (exact) mass is 681 g/mol. The fourth-order valence-corrected chi connectivity index (χ4v) is 6.85. The first-order chi connectivity index (χ1) is 22.1. The summed E-state index contributed by atoms with van der Waals surface area (Å²) in [4.78, 5) is 29.7. The molecule has 0 aliphatic heterocycles. The number of carbonyl (C=O) groups excluding carboxylic acids is 2. The fraction of sp³-hybridized carbons (Fsp3) is 0.257. The van der Waals surface area contributed by atoms with Gasteiger partial charge in [0.25, 0.3) is 10.0 Å². The minimum Gasteiger partial charge on any atom is -0.494 e. The predicted octanol–water partition coefficient (Wildman–Crippen LogP) is 6.75. The molecule has 0 unspecified atom stereocenters. The summed E-state index contributed by atoms with van der Waals surface area (Å²) in [7, 11) is -4.22. The highest BCUT2D eigenvalue weighted by molar-refractivity contribution is 7.92. The molecule has 0 radical (unpaired) electrons. The van der Waals surface area contributed by atoms with E-state index in [1.807, 2.05) is 44.2 Å². The van der Waals surface area contributed by atoms with Gasteiger partial charge in [-0.15, -0.1) is 0 Å². The van der Waals surface area contributed by atoms with Crippen LogP contribution >= 0.6 is 23.2 Å². The van der Waals surface area contributed by atoms with Gasteiger partial charge in [0.1, 0.15) is 18.3 Å². The largest absolute Gasteiger partial charge is 0.494 e. The molecule has 8 nitrogen and oxygen atoms in total. The molecule has 4 aromatic carbocycles. The molecule has 46 heavy (non-hydrogen) atoms. The van der Waals surface area contributed by atoms with Gasteiger partial charge in [-0.3, -0.25) is 13.9 Å². The lowest BCUT2D eigenvalue weighted by Crippen LogP contribution is -2.53. The van der Waals surface area contributed by atoms with Gasteiger partial charge in [-0.2, -0.15) is 0 Å². The van der Waals surface area contributed by atoms with E-state index in [4.69, 9.17) is 27.9 Å². The third-order valence-corrected chi connectivity index (χ3v) is 9.75. The Bertz CT molecular complexity index is 1690. The van der Waals surface area contributed by atoms with Gasteiger partial charge in [0.05, 0.1) is 17.2 Å². The Morgan fingerprint density at radius 1 is 0.826 bits per heavy atom. The molecule has 4 rings (SSSR count). The highest BCUT2D eigenvalue weighted by Gasteiger charge is 2.35. The summed E-state index contributed by atoms with van der Waals surface area (Å²) in [5.41, 5.74) is 1.52. The van der Waals surface area contributed by atoms with Crippen LogP contribution in [0.3, 0.4) is 0 Å². The first-order valence-corrected chi connectivity index (χ1v) is 17.2. The first kappa shape index (κ1) is 34.8. The standard InChI is InChI=1S/C35H37Cl2N3O5S/c1-3-22-38-35(42)33(23-26-12-7-5-8-13-26)39(24-30-31(36)16-11-17-32(30)37)34(41)25-40(27-18-20-28(21-19-27)45-4-2)46(43,44)29-14-9-6-10-15-29/h5-21,33H,3-4,22-25H2,1-2H3,(H,38,42)/t33-/m1/s1. The quantitative estimate of drug-likeness (QED) is 0.150. The van der Waals surface area contributed by atoms with Crippen LogP contribution in [0.4, 0.5) is 5.69 Å². The van der Waals surface area contributed by atoms with E-state index in [0.717, 1.165) is 9.87 Å². The maximum absolute atomic E-state index is 14.5. The van der Waals surface area contributed by atoms with Crippen molar-refractivity contribution in [3.8, 4) is 5.75 Å². The van der Waals surface area contributed by atoms with Crippen LogP contribution in [-0.2, 0) is 32.6 Å². The molecule has 242 valence electrons. The van der Waals surface area contributed by atoms with Crippen molar-refractivity contribution in [3.05, 3.63) is 124 Å². The van der Waals surface area contributed by atoms with E-state index < -0.39 is 28.5 Å². The van der Waals surface area contributed by atoms with E-state index in [9.17, 15) is 18.0 Å². The number of amides is 2. The van der Waals surface area contributed by atoms with Gasteiger partial charge in [0.15, 0.2) is 0 Å². The number of anilines is 1. The van der Waals surface area contributed by atoms with Crippen LogP contribution in [0, 0.1) is 0 Å². The number of benzene rings is 4. The third-order valence-electron chi connectivity index (χ3n) is 7.26. The van der Waals surface area contributed by atoms with E-state index in [0.29, 0.717) is 40.9 Å². The van der Waals surface area contributed by atoms with Crippen molar-refractivity contribution in [1.29, 1.82) is 0 Å². The smallest absolute Gasteiger partial charge is 0.264 e. The SMILES string of the molecule is CCCNC(=O)[C@@H](Cc1ccccc1)N(Cc1c(Cl)cccc1Cl)C(=O)CN(c1ccc(OCC)cc1)S(=O)(=O)c1ccccc1. The van der Waals surface area contributed by atoms with E-state index >= 15 is 0 Å². The minimum absolute atomic E-state index is 0.0129. The number of carbonyl (C=O) groups is 2. The van der Waals surface area contributed by atoms with Crippen molar-refractivity contribution >= 4 is 50.7 Å². The highest BCUT2D eigenvalue weighted by Crippen LogP contribution is 2.29. The average Bonchev–Trinajstić information content (AvgIpc) is 3.06. The molecular weight excluding hydrogens is 645 g/mol. The fourth-order valence-electron chi connectivity index (χ4n) is 4.90. The van der Waals surface area contributed by atoms with Gasteiger partial charge in [-0.25, -0.2) is 8.42 Å². The molecule has 2 amide bonds. The molecule has 11 heteroatoms. The Morgan fingerprint density at radius 3 is 2.02 bits per heavy atom. The lowest BCUT2D eigenvalue weighted by molar-refractivity contribution is -0.140. The van der Waals surface area contributed by atoms with Crippen LogP contribution in [0.5, 0.6) is 5.75 Å². The number of hydrogen-bond donors (Lipinski definition) is 1. The average molecular weight is 683 g/mol. The van der Waals surface area contributed by atoms with Crippen LogP contribution in [0.15, 0.2) is 108 Å². The van der Waals surface area contributed by atoms with Crippen LogP contribution in [0.25, 0.3) is 0 Å². The van der Waals surface area contributed by atoms with Crippen LogP contribution < -0.4 is 14.4 Å². The van der Waals surface area contributed by atoms with Gasteiger partial charge in [0.2, 0.25) is 11.8 Å². The first-order valence-electron chi connectivity index (χ1n) is 15.0. The molecule has 0 saturated heterocycles. The lowest BCUT2D eigenvalue weighted by atomic mass is 10.0. The summed E-state index contributed by atoms with van der Waals surface area (Å²) in [5.74, 6) is -0.433. The van der Waals surface area contributed by atoms with Crippen LogP contribution in [0.2, 0.25) is 10.0 Å². The number of nitrogens with one attached hydrogen (secondary N) is 1. The summed E-state index contributed by atoms with van der Waals surface area (Å²) >= 11 is 13.1. The van der Waals surface area contributed by atoms with E-state index in [2.05, 4.69) is 5.32 Å². The van der Waals surface area contributed by atoms with E-state index in [-0.39, 0.29) is 29.5 Å². The Hall–Kier alpha value is -4.05. The maximum Gasteiger partial charge on any atom is 0.264 e. The normalized spacial score (nSPS) is 11.8. The molecule has 0 bridgehead atoms. The van der Waals surface area contributed by atoms with E-state index in [1.165, 1.54) is 17.0 Å². The van der Waals surface area contributed by atoms with Crippen LogP contribution in [0.1, 0.15) is 31.4 Å². The summed E-state index contributed by atoms with van der Waals surface area (Å²) in [6.45, 7) is 3.89. The molecule has 4 aromatic rings. The van der Waals surface area contributed by atoms with Crippen molar-refractivity contribution in [2.45, 2.75) is 44.2 Å². The second-order valence-electron chi connectivity index (χ2n) is 10.5. The van der Waals surface area contributed by atoms with Gasteiger partial charge in [-0.05, 0) is 67.4 Å². The molecule has 0 saturated carbocycles. The Labute approximate surface area is 280 Å². The van der Waals surface area contributed by atoms with Crippen LogP contribution in [-0.4, -0.2) is 50.9 Å². The van der Waals surface area contributed by atoms with Crippen molar-refractivity contribution < 1.29 is 22.7 Å². The molecule has 0 aliphatic carbocycles. The summed E-state index contributed by atoms with van der Waals surface area (Å²) in [6, 6.07) is 27.7. The molecule has 1 atom stereocenters. The van der Waals surface area contributed by atoms with Crippen molar-refractivity contribution in [3.63, 3.8) is 0 Å². The number of nitrogens with zero attached hydrogens (tertiary/aromatic N) is 2. The number of ether oxygens (including phenoxy) is 1. The Balaban J connectivity index is 1.82. The van der Waals surface area contributed by atoms with Gasteiger partial charge in [0, 0.05) is 35.1 Å². The molecule has 0 aromatic heterocycles. The Morgan fingerprint density at radius 2 is 1.43 bits per heavy atom. The minimum atomic E-state index is -4.22. The summed E-state index contributed by atoms with van der Waals surface area (Å²) in [5, 5.41) is 3.55. The molecule has 1 N–H and O–H groups in total. The molecule has 0 aliphatic rings. The van der Waals surface area contributed by atoms with Gasteiger partial charge >= 0.3 is 0 Å². The predicted molar refractivity (Wildman–Crippen MR) is 183 cm³/mol. The number of halogens is 2. The second kappa shape index (κ2) is 16.5. The zero-order chi connectivity index (χ0) is 33.1. The Kier molecular flexibility index (Phi) is 12.5. The van der Waals surface area contributed by atoms with Gasteiger partial charge < -0.3 is 15.0 Å². The summed E-state index contributed by atoms with van der Waals surface area (Å²) < 4.78 is 34.8. The van der Waals surface area contributed by atoms with Crippen molar-refractivity contribution in [2.24, 2.45) is 0 Å². The molecule has 0 fully saturated rings. The molecule has 0 heterocycles.